The molecule has 2 heterocycles. The zero-order chi connectivity index (χ0) is 18.5. The molecule has 2 aromatic rings. The van der Waals surface area contributed by atoms with E-state index < -0.39 is 0 Å². The van der Waals surface area contributed by atoms with E-state index in [4.69, 9.17) is 5.41 Å². The van der Waals surface area contributed by atoms with E-state index >= 15 is 0 Å². The summed E-state index contributed by atoms with van der Waals surface area (Å²) in [6.07, 6.45) is 5.20. The number of hydrogen-bond acceptors (Lipinski definition) is 6. The zero-order valence-corrected chi connectivity index (χ0v) is 15.2. The minimum absolute atomic E-state index is 0.0965. The lowest BCUT2D eigenvalue weighted by molar-refractivity contribution is -0.111. The summed E-state index contributed by atoms with van der Waals surface area (Å²) < 4.78 is 1.76. The highest BCUT2D eigenvalue weighted by Crippen LogP contribution is 2.30. The van der Waals surface area contributed by atoms with Crippen LogP contribution in [0.3, 0.4) is 0 Å². The van der Waals surface area contributed by atoms with Gasteiger partial charge in [-0.25, -0.2) is 9.51 Å². The maximum absolute atomic E-state index is 12.2. The van der Waals surface area contributed by atoms with E-state index in [9.17, 15) is 4.79 Å². The molecule has 0 spiro atoms. The molecule has 0 saturated carbocycles. The highest BCUT2D eigenvalue weighted by atomic mass is 16.1. The van der Waals surface area contributed by atoms with Gasteiger partial charge >= 0.3 is 0 Å². The van der Waals surface area contributed by atoms with E-state index in [0.717, 1.165) is 31.7 Å². The van der Waals surface area contributed by atoms with Crippen molar-refractivity contribution >= 4 is 34.2 Å². The van der Waals surface area contributed by atoms with E-state index in [0.29, 0.717) is 22.9 Å². The van der Waals surface area contributed by atoms with Gasteiger partial charge in [-0.1, -0.05) is 19.9 Å². The molecule has 3 rings (SSSR count). The minimum atomic E-state index is -0.137. The number of allylic oxidation sites excluding steroid dienone is 2. The van der Waals surface area contributed by atoms with Crippen molar-refractivity contribution in [3.05, 3.63) is 36.5 Å². The summed E-state index contributed by atoms with van der Waals surface area (Å²) in [5.41, 5.74) is 2.18. The van der Waals surface area contributed by atoms with Gasteiger partial charge in [0.25, 0.3) is 0 Å². The average Bonchev–Trinajstić information content (AvgIpc) is 2.98. The van der Waals surface area contributed by atoms with Crippen LogP contribution >= 0.6 is 0 Å². The summed E-state index contributed by atoms with van der Waals surface area (Å²) in [6, 6.07) is 5.76. The summed E-state index contributed by atoms with van der Waals surface area (Å²) >= 11 is 0. The lowest BCUT2D eigenvalue weighted by Crippen LogP contribution is -2.28. The van der Waals surface area contributed by atoms with Crippen LogP contribution in [0.4, 0.5) is 11.5 Å². The molecule has 2 N–H and O–H groups in total. The Morgan fingerprint density at radius 3 is 2.85 bits per heavy atom. The Kier molecular flexibility index (Phi) is 5.58. The Bertz CT molecular complexity index is 875. The van der Waals surface area contributed by atoms with Crippen molar-refractivity contribution in [1.29, 1.82) is 5.41 Å². The van der Waals surface area contributed by atoms with Gasteiger partial charge in [0.1, 0.15) is 11.4 Å². The minimum Gasteiger partial charge on any atom is -0.365 e. The molecule has 7 heteroatoms. The number of rotatable bonds is 7. The molecule has 0 aromatic carbocycles. The van der Waals surface area contributed by atoms with E-state index in [2.05, 4.69) is 34.2 Å². The van der Waals surface area contributed by atoms with Crippen molar-refractivity contribution < 1.29 is 4.79 Å². The fraction of sp³-hybridized carbons (Fsp3) is 0.368. The predicted octanol–water partition coefficient (Wildman–Crippen LogP) is 2.71. The van der Waals surface area contributed by atoms with Gasteiger partial charge in [0.05, 0.1) is 11.9 Å². The summed E-state index contributed by atoms with van der Waals surface area (Å²) in [7, 11) is 0. The van der Waals surface area contributed by atoms with Crippen molar-refractivity contribution in [3.63, 3.8) is 0 Å². The fourth-order valence-corrected chi connectivity index (χ4v) is 2.90. The molecule has 1 aliphatic carbocycles. The molecule has 26 heavy (non-hydrogen) atoms. The van der Waals surface area contributed by atoms with Crippen LogP contribution in [0.5, 0.6) is 0 Å². The van der Waals surface area contributed by atoms with Crippen LogP contribution in [0.1, 0.15) is 20.3 Å². The van der Waals surface area contributed by atoms with Gasteiger partial charge in [-0.2, -0.15) is 0 Å². The van der Waals surface area contributed by atoms with E-state index in [1.807, 2.05) is 24.4 Å². The molecule has 0 unspecified atom stereocenters. The second-order valence-corrected chi connectivity index (χ2v) is 6.14. The maximum atomic E-state index is 12.2. The first-order valence-corrected chi connectivity index (χ1v) is 8.93. The first-order valence-electron chi connectivity index (χ1n) is 8.93. The highest BCUT2D eigenvalue weighted by Gasteiger charge is 2.18. The second-order valence-electron chi connectivity index (χ2n) is 6.14. The molecule has 0 atom stereocenters. The molecule has 2 aromatic heterocycles. The number of carbonyl (C=O) groups is 1. The number of anilines is 1. The first-order chi connectivity index (χ1) is 12.6. The van der Waals surface area contributed by atoms with E-state index in [1.165, 1.54) is 0 Å². The summed E-state index contributed by atoms with van der Waals surface area (Å²) in [5.74, 6) is 0.527. The van der Waals surface area contributed by atoms with Crippen LogP contribution in [0, 0.1) is 5.41 Å². The zero-order valence-electron chi connectivity index (χ0n) is 15.2. The number of aromatic nitrogens is 2. The maximum Gasteiger partial charge on any atom is 0.187 e. The normalized spacial score (nSPS) is 16.2. The Hall–Kier alpha value is -2.80. The van der Waals surface area contributed by atoms with Gasteiger partial charge in [0.2, 0.25) is 0 Å². The van der Waals surface area contributed by atoms with E-state index in [-0.39, 0.29) is 12.2 Å². The highest BCUT2D eigenvalue weighted by molar-refractivity contribution is 6.50. The van der Waals surface area contributed by atoms with Crippen LogP contribution in [0.2, 0.25) is 0 Å². The third-order valence-corrected chi connectivity index (χ3v) is 4.44. The van der Waals surface area contributed by atoms with Crippen molar-refractivity contribution in [3.8, 4) is 0 Å². The molecule has 0 aliphatic heterocycles. The van der Waals surface area contributed by atoms with Gasteiger partial charge in [0, 0.05) is 25.0 Å². The third kappa shape index (κ3) is 3.88. The predicted molar refractivity (Wildman–Crippen MR) is 105 cm³/mol. The van der Waals surface area contributed by atoms with Crippen molar-refractivity contribution in [2.75, 3.05) is 31.5 Å². The second kappa shape index (κ2) is 8.05. The number of carbonyl (C=O) groups excluding carboxylic acids is 1. The topological polar surface area (TPSA) is 85.8 Å². The molecule has 0 bridgehead atoms. The SMILES string of the molecule is CCN(CC)CCNc1nn2ccccc2c1N=C1C=CC(=N)CC1=O. The lowest BCUT2D eigenvalue weighted by atomic mass is 10.0. The van der Waals surface area contributed by atoms with Gasteiger partial charge < -0.3 is 15.6 Å². The number of pyridine rings is 1. The largest absolute Gasteiger partial charge is 0.365 e. The smallest absolute Gasteiger partial charge is 0.187 e. The third-order valence-electron chi connectivity index (χ3n) is 4.44. The summed E-state index contributed by atoms with van der Waals surface area (Å²) in [6.45, 7) is 7.95. The lowest BCUT2D eigenvalue weighted by Gasteiger charge is -2.17. The van der Waals surface area contributed by atoms with Crippen molar-refractivity contribution in [1.82, 2.24) is 14.5 Å². The number of likely N-dealkylation sites (N-methyl/N-ethyl adjacent to an activating group) is 1. The number of nitrogens with one attached hydrogen (secondary N) is 2. The molecular weight excluding hydrogens is 328 g/mol. The molecule has 136 valence electrons. The van der Waals surface area contributed by atoms with Gasteiger partial charge in [-0.15, -0.1) is 5.10 Å². The number of hydrogen-bond donors (Lipinski definition) is 2. The van der Waals surface area contributed by atoms with Crippen LogP contribution < -0.4 is 5.32 Å². The van der Waals surface area contributed by atoms with Crippen LogP contribution in [-0.4, -0.2) is 57.9 Å². The van der Waals surface area contributed by atoms with Crippen LogP contribution in [0.25, 0.3) is 5.52 Å². The van der Waals surface area contributed by atoms with Gasteiger partial charge in [-0.05, 0) is 37.4 Å². The van der Waals surface area contributed by atoms with Crippen molar-refractivity contribution in [2.24, 2.45) is 4.99 Å². The number of Topliss-reactive ketones (excluding diaryl/α,β-unsaturated/α-hetero) is 1. The average molecular weight is 352 g/mol. The Balaban J connectivity index is 1.91. The molecule has 7 nitrogen and oxygen atoms in total. The summed E-state index contributed by atoms with van der Waals surface area (Å²) in [4.78, 5) is 19.1. The Labute approximate surface area is 152 Å². The summed E-state index contributed by atoms with van der Waals surface area (Å²) in [5, 5.41) is 15.5. The Morgan fingerprint density at radius 1 is 1.31 bits per heavy atom. The van der Waals surface area contributed by atoms with Crippen LogP contribution in [0.15, 0.2) is 41.5 Å². The monoisotopic (exact) mass is 352 g/mol. The number of nitrogens with zero attached hydrogens (tertiary/aromatic N) is 4. The fourth-order valence-electron chi connectivity index (χ4n) is 2.90. The van der Waals surface area contributed by atoms with Gasteiger partial charge in [0.15, 0.2) is 11.6 Å². The number of ketones is 1. The van der Waals surface area contributed by atoms with Crippen molar-refractivity contribution in [2.45, 2.75) is 20.3 Å². The molecular formula is C19H24N6O. The molecule has 0 fully saturated rings. The quantitative estimate of drug-likeness (QED) is 0.802. The van der Waals surface area contributed by atoms with Gasteiger partial charge in [-0.3, -0.25) is 4.79 Å². The number of aliphatic imine (C=N–C) groups is 1. The first kappa shape index (κ1) is 18.0. The standard InChI is InChI=1S/C19H24N6O/c1-3-24(4-2)12-10-21-19-18(16-7-5-6-11-25(16)23-19)22-15-9-8-14(20)13-17(15)26/h5-9,11,20H,3-4,10,12-13H2,1-2H3,(H,21,23). The molecule has 0 amide bonds. The number of fused-ring (bicyclic) bond motifs is 1. The molecule has 0 radical (unpaired) electrons. The molecule has 0 saturated heterocycles. The van der Waals surface area contributed by atoms with Crippen LogP contribution in [-0.2, 0) is 4.79 Å². The van der Waals surface area contributed by atoms with E-state index in [1.54, 1.807) is 16.7 Å². The molecule has 1 aliphatic rings. The Morgan fingerprint density at radius 2 is 2.12 bits per heavy atom.